The zero-order valence-electron chi connectivity index (χ0n) is 17.7. The van der Waals surface area contributed by atoms with Crippen LogP contribution in [0.1, 0.15) is 36.8 Å². The molecule has 6 nitrogen and oxygen atoms in total. The molecule has 0 aliphatic carbocycles. The molecule has 0 aliphatic heterocycles. The van der Waals surface area contributed by atoms with Crippen molar-refractivity contribution >= 4 is 31.0 Å². The van der Waals surface area contributed by atoms with E-state index < -0.39 is 7.82 Å². The summed E-state index contributed by atoms with van der Waals surface area (Å²) >= 11 is 11.8. The Morgan fingerprint density at radius 3 is 1.91 bits per heavy atom. The summed E-state index contributed by atoms with van der Waals surface area (Å²) < 4.78 is 20.1. The van der Waals surface area contributed by atoms with Crippen molar-refractivity contribution in [2.45, 2.75) is 51.6 Å². The van der Waals surface area contributed by atoms with Crippen LogP contribution in [0.5, 0.6) is 6.01 Å². The SMILES string of the molecule is O=P(O)(O)Oc1n(CCCCc2ccc(Cl)cc2)cc[n+]1CCCCc1ccc(Cl)cc1. The van der Waals surface area contributed by atoms with Gasteiger partial charge >= 0.3 is 13.8 Å². The van der Waals surface area contributed by atoms with E-state index in [4.69, 9.17) is 27.7 Å². The standard InChI is InChI=1S/C23H27Cl2N2O4P/c24-21-11-7-19(8-12-21)5-1-3-15-26-17-18-27(23(26)31-32(28,29)30)16-4-2-6-20-9-13-22(25)14-10-20/h7-14,17-18H,1-6,15-16H2,(H-,28,29,30)/p+1. The Hall–Kier alpha value is -1.82. The number of aromatic nitrogens is 2. The molecular formula is C23H28Cl2N2O4P+. The molecule has 2 aromatic carbocycles. The number of halogens is 2. The fourth-order valence-electron chi connectivity index (χ4n) is 3.53. The van der Waals surface area contributed by atoms with Crippen LogP contribution in [0.3, 0.4) is 0 Å². The Balaban J connectivity index is 1.53. The van der Waals surface area contributed by atoms with Gasteiger partial charge < -0.3 is 4.52 Å². The van der Waals surface area contributed by atoms with Crippen LogP contribution in [0.2, 0.25) is 10.0 Å². The number of imidazole rings is 1. The van der Waals surface area contributed by atoms with Crippen LogP contribution in [0.4, 0.5) is 0 Å². The van der Waals surface area contributed by atoms with E-state index in [9.17, 15) is 14.4 Å². The third kappa shape index (κ3) is 8.27. The van der Waals surface area contributed by atoms with Gasteiger partial charge in [0, 0.05) is 10.0 Å². The van der Waals surface area contributed by atoms with Gasteiger partial charge in [-0.2, -0.15) is 9.13 Å². The quantitative estimate of drug-likeness (QED) is 0.194. The second-order valence-corrected chi connectivity index (χ2v) is 9.75. The molecule has 1 heterocycles. The van der Waals surface area contributed by atoms with E-state index in [1.165, 1.54) is 11.1 Å². The van der Waals surface area contributed by atoms with Crippen molar-refractivity contribution in [2.75, 3.05) is 0 Å². The molecule has 0 saturated heterocycles. The van der Waals surface area contributed by atoms with E-state index >= 15 is 0 Å². The molecule has 0 radical (unpaired) electrons. The van der Waals surface area contributed by atoms with Crippen molar-refractivity contribution in [3.05, 3.63) is 82.1 Å². The zero-order chi connectivity index (χ0) is 23.0. The lowest BCUT2D eigenvalue weighted by molar-refractivity contribution is -0.699. The Morgan fingerprint density at radius 2 is 1.38 bits per heavy atom. The fourth-order valence-corrected chi connectivity index (χ4v) is 4.20. The predicted molar refractivity (Wildman–Crippen MR) is 126 cm³/mol. The number of unbranched alkanes of at least 4 members (excludes halogenated alkanes) is 2. The van der Waals surface area contributed by atoms with Crippen LogP contribution in [0, 0.1) is 0 Å². The summed E-state index contributed by atoms with van der Waals surface area (Å²) in [7, 11) is -4.66. The molecule has 0 fully saturated rings. The maximum atomic E-state index is 11.5. The van der Waals surface area contributed by atoms with Crippen LogP contribution in [-0.2, 0) is 30.5 Å². The van der Waals surface area contributed by atoms with Crippen molar-refractivity contribution in [3.8, 4) is 6.01 Å². The van der Waals surface area contributed by atoms with Crippen molar-refractivity contribution in [3.63, 3.8) is 0 Å². The minimum Gasteiger partial charge on any atom is -0.334 e. The summed E-state index contributed by atoms with van der Waals surface area (Å²) in [6, 6.07) is 15.8. The third-order valence-corrected chi connectivity index (χ3v) is 6.08. The lowest BCUT2D eigenvalue weighted by Crippen LogP contribution is -2.34. The van der Waals surface area contributed by atoms with E-state index in [1.807, 2.05) is 60.9 Å². The van der Waals surface area contributed by atoms with Crippen LogP contribution < -0.4 is 9.09 Å². The highest BCUT2D eigenvalue weighted by Crippen LogP contribution is 2.36. The number of hydrogen-bond acceptors (Lipinski definition) is 2. The normalized spacial score (nSPS) is 11.6. The highest BCUT2D eigenvalue weighted by atomic mass is 35.5. The molecule has 32 heavy (non-hydrogen) atoms. The number of benzene rings is 2. The van der Waals surface area contributed by atoms with Crippen molar-refractivity contribution < 1.29 is 23.4 Å². The number of phosphoric acid groups is 1. The molecule has 0 saturated carbocycles. The Kier molecular flexibility index (Phi) is 9.21. The van der Waals surface area contributed by atoms with E-state index in [0.29, 0.717) is 13.1 Å². The number of hydrogen-bond donors (Lipinski definition) is 2. The summed E-state index contributed by atoms with van der Waals surface area (Å²) in [5, 5.41) is 1.44. The Morgan fingerprint density at radius 1 is 0.844 bits per heavy atom. The third-order valence-electron chi connectivity index (χ3n) is 5.17. The number of aryl methyl sites for hydroxylation is 4. The minimum absolute atomic E-state index is 0.191. The molecule has 9 heteroatoms. The van der Waals surface area contributed by atoms with Gasteiger partial charge in [0.15, 0.2) is 0 Å². The Bertz CT molecular complexity index is 962. The summed E-state index contributed by atoms with van der Waals surface area (Å²) in [5.41, 5.74) is 2.42. The first-order chi connectivity index (χ1) is 15.3. The lowest BCUT2D eigenvalue weighted by atomic mass is 10.1. The molecule has 0 aliphatic rings. The first-order valence-corrected chi connectivity index (χ1v) is 12.9. The topological polar surface area (TPSA) is 75.6 Å². The second kappa shape index (κ2) is 11.9. The van der Waals surface area contributed by atoms with Gasteiger partial charge in [-0.3, -0.25) is 9.79 Å². The second-order valence-electron chi connectivity index (χ2n) is 7.72. The predicted octanol–water partition coefficient (Wildman–Crippen LogP) is 5.60. The molecule has 3 aromatic rings. The maximum Gasteiger partial charge on any atom is 0.529 e. The summed E-state index contributed by atoms with van der Waals surface area (Å²) in [6.07, 6.45) is 9.04. The fraction of sp³-hybridized carbons (Fsp3) is 0.348. The van der Waals surface area contributed by atoms with E-state index in [2.05, 4.69) is 0 Å². The van der Waals surface area contributed by atoms with E-state index in [-0.39, 0.29) is 6.01 Å². The van der Waals surface area contributed by atoms with Gasteiger partial charge in [0.05, 0.1) is 13.1 Å². The molecule has 0 amide bonds. The number of rotatable bonds is 12. The molecule has 3 rings (SSSR count). The monoisotopic (exact) mass is 497 g/mol. The molecule has 0 atom stereocenters. The number of nitrogens with zero attached hydrogens (tertiary/aromatic N) is 2. The molecule has 2 N–H and O–H groups in total. The smallest absolute Gasteiger partial charge is 0.334 e. The minimum atomic E-state index is -4.66. The van der Waals surface area contributed by atoms with Gasteiger partial charge in [-0.1, -0.05) is 47.5 Å². The summed E-state index contributed by atoms with van der Waals surface area (Å²) in [4.78, 5) is 18.7. The highest BCUT2D eigenvalue weighted by molar-refractivity contribution is 7.46. The summed E-state index contributed by atoms with van der Waals surface area (Å²) in [5.74, 6) is 0. The van der Waals surface area contributed by atoms with Crippen LogP contribution in [-0.4, -0.2) is 14.4 Å². The molecule has 0 bridgehead atoms. The molecule has 0 spiro atoms. The zero-order valence-corrected chi connectivity index (χ0v) is 20.1. The van der Waals surface area contributed by atoms with Gasteiger partial charge in [0.2, 0.25) is 0 Å². The summed E-state index contributed by atoms with van der Waals surface area (Å²) in [6.45, 7) is 1.22. The average Bonchev–Trinajstić information content (AvgIpc) is 3.11. The van der Waals surface area contributed by atoms with Crippen LogP contribution in [0.25, 0.3) is 0 Å². The number of phosphoric ester groups is 1. The van der Waals surface area contributed by atoms with E-state index in [1.54, 1.807) is 9.13 Å². The maximum absolute atomic E-state index is 11.5. The lowest BCUT2D eigenvalue weighted by Gasteiger charge is -2.08. The van der Waals surface area contributed by atoms with Gasteiger partial charge in [0.25, 0.3) is 0 Å². The Labute approximate surface area is 198 Å². The van der Waals surface area contributed by atoms with Crippen LogP contribution in [0.15, 0.2) is 60.9 Å². The first kappa shape index (κ1) is 24.8. The molecular weight excluding hydrogens is 470 g/mol. The van der Waals surface area contributed by atoms with Gasteiger partial charge in [-0.25, -0.2) is 4.57 Å². The van der Waals surface area contributed by atoms with Gasteiger partial charge in [0.1, 0.15) is 12.4 Å². The van der Waals surface area contributed by atoms with Gasteiger partial charge in [-0.05, 0) is 73.9 Å². The highest BCUT2D eigenvalue weighted by Gasteiger charge is 2.27. The van der Waals surface area contributed by atoms with E-state index in [0.717, 1.165) is 48.6 Å². The van der Waals surface area contributed by atoms with Gasteiger partial charge in [-0.15, -0.1) is 0 Å². The van der Waals surface area contributed by atoms with Crippen molar-refractivity contribution in [2.24, 2.45) is 0 Å². The molecule has 172 valence electrons. The largest absolute Gasteiger partial charge is 0.529 e. The van der Waals surface area contributed by atoms with Crippen molar-refractivity contribution in [1.82, 2.24) is 4.57 Å². The van der Waals surface area contributed by atoms with Crippen LogP contribution >= 0.6 is 31.0 Å². The average molecular weight is 498 g/mol. The first-order valence-electron chi connectivity index (χ1n) is 10.6. The van der Waals surface area contributed by atoms with Crippen molar-refractivity contribution in [1.29, 1.82) is 0 Å². The molecule has 1 aromatic heterocycles. The molecule has 0 unspecified atom stereocenters.